The molecule has 0 spiro atoms. The lowest BCUT2D eigenvalue weighted by Gasteiger charge is -2.21. The molecule has 1 saturated heterocycles. The number of carbonyl (C=O) groups excluding carboxylic acids is 1. The molecule has 0 atom stereocenters. The third kappa shape index (κ3) is 4.62. The molecule has 0 aromatic carbocycles. The Hall–Kier alpha value is -0.610. The van der Waals surface area contributed by atoms with E-state index in [9.17, 15) is 4.79 Å². The Morgan fingerprint density at radius 3 is 2.60 bits per heavy atom. The van der Waals surface area contributed by atoms with Crippen molar-refractivity contribution < 1.29 is 19.0 Å². The van der Waals surface area contributed by atoms with E-state index in [0.29, 0.717) is 26.2 Å². The maximum absolute atomic E-state index is 11.0. The smallest absolute Gasteiger partial charge is 0.305 e. The van der Waals surface area contributed by atoms with E-state index in [-0.39, 0.29) is 5.97 Å². The first-order chi connectivity index (χ1) is 7.16. The Labute approximate surface area is 90.9 Å². The van der Waals surface area contributed by atoms with Gasteiger partial charge in [0, 0.05) is 12.8 Å². The van der Waals surface area contributed by atoms with Gasteiger partial charge in [-0.1, -0.05) is 0 Å². The summed E-state index contributed by atoms with van der Waals surface area (Å²) in [6, 6.07) is 0. The number of carbonyl (C=O) groups is 1. The van der Waals surface area contributed by atoms with Gasteiger partial charge in [0.2, 0.25) is 0 Å². The summed E-state index contributed by atoms with van der Waals surface area (Å²) in [5.41, 5.74) is 0. The van der Waals surface area contributed by atoms with E-state index in [4.69, 9.17) is 14.2 Å². The Morgan fingerprint density at radius 1 is 1.33 bits per heavy atom. The highest BCUT2D eigenvalue weighted by Crippen LogP contribution is 2.24. The van der Waals surface area contributed by atoms with Gasteiger partial charge in [-0.2, -0.15) is 0 Å². The van der Waals surface area contributed by atoms with Crippen LogP contribution in [-0.2, 0) is 19.0 Å². The fraction of sp³-hybridized carbons (Fsp3) is 0.909. The summed E-state index contributed by atoms with van der Waals surface area (Å²) in [6.45, 7) is 5.58. The Kier molecular flexibility index (Phi) is 5.05. The second kappa shape index (κ2) is 6.08. The van der Waals surface area contributed by atoms with Crippen LogP contribution >= 0.6 is 0 Å². The molecule has 0 unspecified atom stereocenters. The van der Waals surface area contributed by atoms with E-state index in [1.54, 1.807) is 0 Å². The van der Waals surface area contributed by atoms with E-state index in [1.807, 2.05) is 13.8 Å². The molecular weight excluding hydrogens is 196 g/mol. The van der Waals surface area contributed by atoms with Crippen molar-refractivity contribution in [1.29, 1.82) is 0 Å². The third-order valence-corrected chi connectivity index (χ3v) is 2.47. The van der Waals surface area contributed by atoms with Crippen LogP contribution in [0.2, 0.25) is 0 Å². The maximum Gasteiger partial charge on any atom is 0.305 e. The molecule has 0 aromatic rings. The number of unbranched alkanes of at least 4 members (excludes halogenated alkanes) is 1. The zero-order valence-corrected chi connectivity index (χ0v) is 9.58. The average Bonchev–Trinajstić information content (AvgIpc) is 2.61. The fourth-order valence-corrected chi connectivity index (χ4v) is 1.65. The first kappa shape index (κ1) is 12.5. The lowest BCUT2D eigenvalue weighted by molar-refractivity contribution is -0.149. The molecule has 0 bridgehead atoms. The summed E-state index contributed by atoms with van der Waals surface area (Å²) in [5.74, 6) is -0.537. The van der Waals surface area contributed by atoms with Gasteiger partial charge in [-0.05, 0) is 26.7 Å². The van der Waals surface area contributed by atoms with E-state index >= 15 is 0 Å². The van der Waals surface area contributed by atoms with Crippen molar-refractivity contribution >= 4 is 5.97 Å². The van der Waals surface area contributed by atoms with Crippen LogP contribution < -0.4 is 0 Å². The van der Waals surface area contributed by atoms with Crippen molar-refractivity contribution in [2.75, 3.05) is 19.8 Å². The molecule has 88 valence electrons. The summed E-state index contributed by atoms with van der Waals surface area (Å²) < 4.78 is 15.8. The molecule has 1 aliphatic rings. The Bertz CT molecular complexity index is 197. The van der Waals surface area contributed by atoms with E-state index in [1.165, 1.54) is 0 Å². The van der Waals surface area contributed by atoms with Crippen LogP contribution in [-0.4, -0.2) is 31.6 Å². The topological polar surface area (TPSA) is 44.8 Å². The molecule has 1 heterocycles. The van der Waals surface area contributed by atoms with Crippen LogP contribution in [0.15, 0.2) is 0 Å². The van der Waals surface area contributed by atoms with E-state index < -0.39 is 5.79 Å². The van der Waals surface area contributed by atoms with Gasteiger partial charge in [-0.3, -0.25) is 4.79 Å². The van der Waals surface area contributed by atoms with Gasteiger partial charge in [-0.15, -0.1) is 0 Å². The van der Waals surface area contributed by atoms with Crippen LogP contribution in [0.3, 0.4) is 0 Å². The minimum absolute atomic E-state index is 0.115. The molecule has 0 aromatic heterocycles. The second-order valence-electron chi connectivity index (χ2n) is 3.84. The molecule has 1 fully saturated rings. The maximum atomic E-state index is 11.0. The summed E-state index contributed by atoms with van der Waals surface area (Å²) >= 11 is 0. The predicted octanol–water partition coefficient (Wildman–Crippen LogP) is 1.87. The molecule has 0 radical (unpaired) electrons. The quantitative estimate of drug-likeness (QED) is 0.502. The number of ether oxygens (including phenoxy) is 3. The molecule has 1 aliphatic heterocycles. The summed E-state index contributed by atoms with van der Waals surface area (Å²) in [6.07, 6.45) is 3.09. The molecule has 4 heteroatoms. The summed E-state index contributed by atoms with van der Waals surface area (Å²) in [5, 5.41) is 0. The van der Waals surface area contributed by atoms with Crippen molar-refractivity contribution in [1.82, 2.24) is 0 Å². The van der Waals surface area contributed by atoms with Crippen molar-refractivity contribution in [3.8, 4) is 0 Å². The van der Waals surface area contributed by atoms with Crippen molar-refractivity contribution in [3.05, 3.63) is 0 Å². The Balaban J connectivity index is 2.03. The fourth-order valence-electron chi connectivity index (χ4n) is 1.65. The van der Waals surface area contributed by atoms with Crippen LogP contribution in [0, 0.1) is 0 Å². The van der Waals surface area contributed by atoms with Crippen LogP contribution in [0.4, 0.5) is 0 Å². The van der Waals surface area contributed by atoms with Crippen LogP contribution in [0.1, 0.15) is 39.5 Å². The minimum atomic E-state index is -0.422. The Morgan fingerprint density at radius 2 is 2.00 bits per heavy atom. The highest BCUT2D eigenvalue weighted by molar-refractivity contribution is 5.69. The van der Waals surface area contributed by atoms with Gasteiger partial charge in [0.05, 0.1) is 19.8 Å². The highest BCUT2D eigenvalue weighted by atomic mass is 16.7. The molecule has 1 rings (SSSR count). The number of esters is 1. The van der Waals surface area contributed by atoms with Gasteiger partial charge in [-0.25, -0.2) is 0 Å². The molecule has 0 N–H and O–H groups in total. The molecule has 0 amide bonds. The summed E-state index contributed by atoms with van der Waals surface area (Å²) in [4.78, 5) is 11.0. The monoisotopic (exact) mass is 216 g/mol. The number of rotatable bonds is 6. The zero-order valence-electron chi connectivity index (χ0n) is 9.58. The molecule has 15 heavy (non-hydrogen) atoms. The SMILES string of the molecule is CCOC(=O)CCCCC1(C)OCCO1. The van der Waals surface area contributed by atoms with Gasteiger partial charge in [0.25, 0.3) is 0 Å². The first-order valence-corrected chi connectivity index (χ1v) is 5.60. The lowest BCUT2D eigenvalue weighted by Crippen LogP contribution is -2.25. The number of hydrogen-bond donors (Lipinski definition) is 0. The van der Waals surface area contributed by atoms with Gasteiger partial charge < -0.3 is 14.2 Å². The van der Waals surface area contributed by atoms with Gasteiger partial charge >= 0.3 is 5.97 Å². The zero-order chi connectivity index (χ0) is 11.1. The minimum Gasteiger partial charge on any atom is -0.466 e. The number of hydrogen-bond acceptors (Lipinski definition) is 4. The van der Waals surface area contributed by atoms with Gasteiger partial charge in [0.15, 0.2) is 5.79 Å². The van der Waals surface area contributed by atoms with E-state index in [0.717, 1.165) is 19.3 Å². The lowest BCUT2D eigenvalue weighted by atomic mass is 10.1. The van der Waals surface area contributed by atoms with E-state index in [2.05, 4.69) is 0 Å². The first-order valence-electron chi connectivity index (χ1n) is 5.60. The van der Waals surface area contributed by atoms with Crippen molar-refractivity contribution in [2.24, 2.45) is 0 Å². The summed E-state index contributed by atoms with van der Waals surface area (Å²) in [7, 11) is 0. The normalized spacial score (nSPS) is 19.1. The standard InChI is InChI=1S/C11H20O4/c1-3-13-10(12)6-4-5-7-11(2)14-8-9-15-11/h3-9H2,1-2H3. The molecule has 0 saturated carbocycles. The largest absolute Gasteiger partial charge is 0.466 e. The molecule has 0 aliphatic carbocycles. The van der Waals surface area contributed by atoms with Crippen molar-refractivity contribution in [2.45, 2.75) is 45.3 Å². The van der Waals surface area contributed by atoms with Crippen LogP contribution in [0.5, 0.6) is 0 Å². The predicted molar refractivity (Wildman–Crippen MR) is 55.4 cm³/mol. The average molecular weight is 216 g/mol. The van der Waals surface area contributed by atoms with Crippen molar-refractivity contribution in [3.63, 3.8) is 0 Å². The molecular formula is C11H20O4. The van der Waals surface area contributed by atoms with Crippen LogP contribution in [0.25, 0.3) is 0 Å². The van der Waals surface area contributed by atoms with Gasteiger partial charge in [0.1, 0.15) is 0 Å². The third-order valence-electron chi connectivity index (χ3n) is 2.47. The second-order valence-corrected chi connectivity index (χ2v) is 3.84. The molecule has 4 nitrogen and oxygen atoms in total. The highest BCUT2D eigenvalue weighted by Gasteiger charge is 2.29.